The summed E-state index contributed by atoms with van der Waals surface area (Å²) in [6.07, 6.45) is 7.52. The van der Waals surface area contributed by atoms with Crippen molar-refractivity contribution in [3.05, 3.63) is 29.8 Å². The van der Waals surface area contributed by atoms with E-state index in [4.69, 9.17) is 15.2 Å². The molecule has 0 aliphatic rings. The Morgan fingerprint density at radius 1 is 0.750 bits per heavy atom. The van der Waals surface area contributed by atoms with E-state index in [9.17, 15) is 0 Å². The topological polar surface area (TPSA) is 107 Å². The first-order chi connectivity index (χ1) is 15.7. The minimum atomic E-state index is 0.527. The summed E-state index contributed by atoms with van der Waals surface area (Å²) in [7, 11) is 0. The molecule has 0 amide bonds. The predicted molar refractivity (Wildman–Crippen MR) is 131 cm³/mol. The lowest BCUT2D eigenvalue weighted by atomic mass is 10.1. The van der Waals surface area contributed by atoms with Gasteiger partial charge in [0.25, 0.3) is 0 Å². The second-order valence-corrected chi connectivity index (χ2v) is 7.81. The Labute approximate surface area is 192 Å². The van der Waals surface area contributed by atoms with E-state index >= 15 is 0 Å². The molecule has 2 rings (SSSR count). The van der Waals surface area contributed by atoms with Crippen LogP contribution in [0, 0.1) is 6.92 Å². The number of hydrogen-bond acceptors (Lipinski definition) is 8. The standard InChI is InChI=1S/C24H40N6O2/c1-3-4-5-6-7-8-14-26-23-28-22(21-11-9-20(2)10-12-21)29-24(30-23)27-15-17-32-19-18-31-16-13-25/h9-12H,3-8,13-19,25H2,1-2H3,(H2,26,27,28,29,30). The van der Waals surface area contributed by atoms with Gasteiger partial charge in [-0.15, -0.1) is 0 Å². The number of nitrogens with zero attached hydrogens (tertiary/aromatic N) is 3. The normalized spacial score (nSPS) is 11.0. The number of ether oxygens (including phenoxy) is 2. The fourth-order valence-corrected chi connectivity index (χ4v) is 3.11. The number of rotatable bonds is 18. The number of benzene rings is 1. The molecule has 0 aliphatic carbocycles. The van der Waals surface area contributed by atoms with Crippen LogP contribution in [0.2, 0.25) is 0 Å². The first-order valence-corrected chi connectivity index (χ1v) is 11.9. The molecule has 0 spiro atoms. The van der Waals surface area contributed by atoms with Crippen LogP contribution in [0.1, 0.15) is 51.0 Å². The molecule has 0 bridgehead atoms. The predicted octanol–water partition coefficient (Wildman–Crippen LogP) is 4.02. The van der Waals surface area contributed by atoms with Gasteiger partial charge in [-0.2, -0.15) is 15.0 Å². The molecule has 4 N–H and O–H groups in total. The Kier molecular flexibility index (Phi) is 13.3. The largest absolute Gasteiger partial charge is 0.378 e. The minimum Gasteiger partial charge on any atom is -0.378 e. The minimum absolute atomic E-state index is 0.527. The molecule has 1 heterocycles. The molecule has 32 heavy (non-hydrogen) atoms. The Balaban J connectivity index is 1.88. The van der Waals surface area contributed by atoms with Crippen molar-refractivity contribution in [1.29, 1.82) is 0 Å². The third kappa shape index (κ3) is 10.8. The lowest BCUT2D eigenvalue weighted by molar-refractivity contribution is 0.0547. The highest BCUT2D eigenvalue weighted by atomic mass is 16.5. The third-order valence-electron chi connectivity index (χ3n) is 4.92. The van der Waals surface area contributed by atoms with Gasteiger partial charge in [-0.05, 0) is 13.3 Å². The zero-order valence-electron chi connectivity index (χ0n) is 19.7. The van der Waals surface area contributed by atoms with Crippen LogP contribution in [-0.4, -0.2) is 61.0 Å². The van der Waals surface area contributed by atoms with E-state index in [0.29, 0.717) is 57.2 Å². The molecule has 0 unspecified atom stereocenters. The molecule has 0 saturated carbocycles. The van der Waals surface area contributed by atoms with Gasteiger partial charge in [0.05, 0.1) is 26.4 Å². The second-order valence-electron chi connectivity index (χ2n) is 7.81. The van der Waals surface area contributed by atoms with Crippen LogP contribution < -0.4 is 16.4 Å². The fraction of sp³-hybridized carbons (Fsp3) is 0.625. The van der Waals surface area contributed by atoms with Crippen molar-refractivity contribution in [3.8, 4) is 11.4 Å². The highest BCUT2D eigenvalue weighted by Crippen LogP contribution is 2.18. The third-order valence-corrected chi connectivity index (χ3v) is 4.92. The van der Waals surface area contributed by atoms with E-state index in [2.05, 4.69) is 51.6 Å². The average Bonchev–Trinajstić information content (AvgIpc) is 2.80. The van der Waals surface area contributed by atoms with Gasteiger partial charge >= 0.3 is 0 Å². The van der Waals surface area contributed by atoms with Crippen molar-refractivity contribution in [2.75, 3.05) is 56.7 Å². The van der Waals surface area contributed by atoms with Gasteiger partial charge in [-0.1, -0.05) is 68.9 Å². The van der Waals surface area contributed by atoms with Crippen molar-refractivity contribution in [3.63, 3.8) is 0 Å². The summed E-state index contributed by atoms with van der Waals surface area (Å²) in [5, 5.41) is 6.61. The van der Waals surface area contributed by atoms with E-state index < -0.39 is 0 Å². The van der Waals surface area contributed by atoms with Crippen LogP contribution in [0.25, 0.3) is 11.4 Å². The van der Waals surface area contributed by atoms with Crippen LogP contribution in [0.15, 0.2) is 24.3 Å². The fourth-order valence-electron chi connectivity index (χ4n) is 3.11. The lowest BCUT2D eigenvalue weighted by Crippen LogP contribution is -2.16. The van der Waals surface area contributed by atoms with E-state index in [1.807, 2.05) is 12.1 Å². The van der Waals surface area contributed by atoms with Gasteiger partial charge in [0, 0.05) is 25.2 Å². The van der Waals surface area contributed by atoms with Crippen LogP contribution in [0.3, 0.4) is 0 Å². The van der Waals surface area contributed by atoms with Crippen LogP contribution in [0.5, 0.6) is 0 Å². The first-order valence-electron chi connectivity index (χ1n) is 11.9. The summed E-state index contributed by atoms with van der Waals surface area (Å²) in [4.78, 5) is 13.8. The maximum absolute atomic E-state index is 5.56. The van der Waals surface area contributed by atoms with Crippen LogP contribution in [-0.2, 0) is 9.47 Å². The van der Waals surface area contributed by atoms with Gasteiger partial charge in [0.1, 0.15) is 0 Å². The molecule has 0 atom stereocenters. The number of nitrogens with two attached hydrogens (primary N) is 1. The number of aryl methyl sites for hydroxylation is 1. The zero-order chi connectivity index (χ0) is 22.9. The van der Waals surface area contributed by atoms with E-state index in [0.717, 1.165) is 18.5 Å². The molecule has 0 aliphatic heterocycles. The summed E-state index contributed by atoms with van der Waals surface area (Å²) < 4.78 is 10.9. The van der Waals surface area contributed by atoms with Crippen molar-refractivity contribution in [2.24, 2.45) is 5.73 Å². The Hall–Kier alpha value is -2.29. The summed E-state index contributed by atoms with van der Waals surface area (Å²) >= 11 is 0. The molecule has 1 aromatic carbocycles. The van der Waals surface area contributed by atoms with Crippen molar-refractivity contribution < 1.29 is 9.47 Å². The summed E-state index contributed by atoms with van der Waals surface area (Å²) in [6.45, 7) is 8.48. The Morgan fingerprint density at radius 3 is 2.06 bits per heavy atom. The van der Waals surface area contributed by atoms with Crippen molar-refractivity contribution in [1.82, 2.24) is 15.0 Å². The Bertz CT molecular complexity index is 742. The van der Waals surface area contributed by atoms with Crippen molar-refractivity contribution >= 4 is 11.9 Å². The van der Waals surface area contributed by atoms with Gasteiger partial charge in [0.15, 0.2) is 5.82 Å². The van der Waals surface area contributed by atoms with Gasteiger partial charge in [-0.3, -0.25) is 0 Å². The average molecular weight is 445 g/mol. The number of aromatic nitrogens is 3. The highest BCUT2D eigenvalue weighted by molar-refractivity contribution is 5.58. The molecular weight excluding hydrogens is 404 g/mol. The molecule has 8 heteroatoms. The quantitative estimate of drug-likeness (QED) is 0.296. The molecule has 2 aromatic rings. The monoisotopic (exact) mass is 444 g/mol. The lowest BCUT2D eigenvalue weighted by Gasteiger charge is -2.11. The second kappa shape index (κ2) is 16.4. The molecule has 0 fully saturated rings. The van der Waals surface area contributed by atoms with E-state index in [1.54, 1.807) is 0 Å². The SMILES string of the molecule is CCCCCCCCNc1nc(NCCOCCOCCN)nc(-c2ccc(C)cc2)n1. The highest BCUT2D eigenvalue weighted by Gasteiger charge is 2.08. The molecule has 0 saturated heterocycles. The first kappa shape index (κ1) is 26.0. The van der Waals surface area contributed by atoms with Gasteiger partial charge < -0.3 is 25.8 Å². The zero-order valence-corrected chi connectivity index (χ0v) is 19.7. The smallest absolute Gasteiger partial charge is 0.228 e. The summed E-state index contributed by atoms with van der Waals surface area (Å²) in [6, 6.07) is 8.21. The molecule has 0 radical (unpaired) electrons. The number of anilines is 2. The van der Waals surface area contributed by atoms with E-state index in [1.165, 1.54) is 37.7 Å². The van der Waals surface area contributed by atoms with Gasteiger partial charge in [0.2, 0.25) is 11.9 Å². The van der Waals surface area contributed by atoms with E-state index in [-0.39, 0.29) is 0 Å². The Morgan fingerprint density at radius 2 is 1.38 bits per heavy atom. The molecule has 8 nitrogen and oxygen atoms in total. The number of nitrogens with one attached hydrogen (secondary N) is 2. The van der Waals surface area contributed by atoms with Crippen LogP contribution in [0.4, 0.5) is 11.9 Å². The number of unbranched alkanes of at least 4 members (excludes halogenated alkanes) is 5. The van der Waals surface area contributed by atoms with Gasteiger partial charge in [-0.25, -0.2) is 0 Å². The van der Waals surface area contributed by atoms with Crippen molar-refractivity contribution in [2.45, 2.75) is 52.4 Å². The maximum Gasteiger partial charge on any atom is 0.228 e. The molecule has 178 valence electrons. The van der Waals surface area contributed by atoms with Crippen LogP contribution >= 0.6 is 0 Å². The molecule has 1 aromatic heterocycles. The maximum atomic E-state index is 5.56. The number of hydrogen-bond donors (Lipinski definition) is 3. The molecular formula is C24H40N6O2. The summed E-state index contributed by atoms with van der Waals surface area (Å²) in [5.41, 5.74) is 7.57. The summed E-state index contributed by atoms with van der Waals surface area (Å²) in [5.74, 6) is 1.80.